The fourth-order valence-electron chi connectivity index (χ4n) is 1.88. The zero-order valence-corrected chi connectivity index (χ0v) is 11.9. The third-order valence-corrected chi connectivity index (χ3v) is 3.70. The molecule has 1 rings (SSSR count). The van der Waals surface area contributed by atoms with E-state index in [1.807, 2.05) is 24.3 Å². The second-order valence-electron chi connectivity index (χ2n) is 4.57. The Balaban J connectivity index is 2.65. The van der Waals surface area contributed by atoms with Crippen LogP contribution in [0.15, 0.2) is 24.3 Å². The SMILES string of the molecule is CCCN(CCCS(C)(=O)=O)c1cccc(N)c1. The van der Waals surface area contributed by atoms with Gasteiger partial charge in [0.25, 0.3) is 0 Å². The van der Waals surface area contributed by atoms with Crippen molar-refractivity contribution in [2.75, 3.05) is 35.7 Å². The zero-order valence-electron chi connectivity index (χ0n) is 11.1. The minimum atomic E-state index is -2.88. The van der Waals surface area contributed by atoms with Gasteiger partial charge in [0.15, 0.2) is 0 Å². The lowest BCUT2D eigenvalue weighted by molar-refractivity contribution is 0.598. The lowest BCUT2D eigenvalue weighted by Crippen LogP contribution is -2.26. The van der Waals surface area contributed by atoms with Crippen LogP contribution in [0.25, 0.3) is 0 Å². The van der Waals surface area contributed by atoms with Crippen LogP contribution in [0.2, 0.25) is 0 Å². The van der Waals surface area contributed by atoms with E-state index in [1.54, 1.807) is 0 Å². The second-order valence-corrected chi connectivity index (χ2v) is 6.83. The van der Waals surface area contributed by atoms with E-state index in [0.29, 0.717) is 6.42 Å². The van der Waals surface area contributed by atoms with Crippen LogP contribution in [0.5, 0.6) is 0 Å². The molecule has 102 valence electrons. The van der Waals surface area contributed by atoms with Crippen molar-refractivity contribution in [1.29, 1.82) is 0 Å². The summed E-state index contributed by atoms with van der Waals surface area (Å²) >= 11 is 0. The van der Waals surface area contributed by atoms with Crippen molar-refractivity contribution in [2.45, 2.75) is 19.8 Å². The number of anilines is 2. The van der Waals surface area contributed by atoms with E-state index >= 15 is 0 Å². The summed E-state index contributed by atoms with van der Waals surface area (Å²) in [5, 5.41) is 0. The maximum atomic E-state index is 11.1. The van der Waals surface area contributed by atoms with E-state index in [1.165, 1.54) is 6.26 Å². The zero-order chi connectivity index (χ0) is 13.6. The molecule has 0 aliphatic rings. The molecule has 0 saturated heterocycles. The molecule has 1 aromatic rings. The van der Waals surface area contributed by atoms with Crippen LogP contribution in [0.4, 0.5) is 11.4 Å². The topological polar surface area (TPSA) is 63.4 Å². The Bertz CT molecular complexity index is 472. The molecule has 0 atom stereocenters. The summed E-state index contributed by atoms with van der Waals surface area (Å²) in [6.07, 6.45) is 2.94. The van der Waals surface area contributed by atoms with Gasteiger partial charge in [0.05, 0.1) is 5.75 Å². The molecule has 0 aliphatic heterocycles. The van der Waals surface area contributed by atoms with Gasteiger partial charge in [-0.2, -0.15) is 0 Å². The molecular formula is C13H22N2O2S. The molecule has 2 N–H and O–H groups in total. The standard InChI is InChI=1S/C13H22N2O2S/c1-3-8-15(9-5-10-18(2,16)17)13-7-4-6-12(14)11-13/h4,6-7,11H,3,5,8-10,14H2,1-2H3. The number of sulfone groups is 1. The first-order chi connectivity index (χ1) is 8.42. The van der Waals surface area contributed by atoms with Gasteiger partial charge in [0.1, 0.15) is 9.84 Å². The van der Waals surface area contributed by atoms with Crippen molar-refractivity contribution in [3.8, 4) is 0 Å². The number of rotatable bonds is 7. The van der Waals surface area contributed by atoms with Gasteiger partial charge in [0, 0.05) is 30.7 Å². The van der Waals surface area contributed by atoms with Crippen molar-refractivity contribution in [3.05, 3.63) is 24.3 Å². The molecule has 0 aliphatic carbocycles. The Hall–Kier alpha value is -1.23. The second kappa shape index (κ2) is 6.64. The minimum Gasteiger partial charge on any atom is -0.399 e. The van der Waals surface area contributed by atoms with Crippen LogP contribution in [0.1, 0.15) is 19.8 Å². The molecule has 1 aromatic carbocycles. The molecule has 5 heteroatoms. The van der Waals surface area contributed by atoms with E-state index < -0.39 is 9.84 Å². The first-order valence-corrected chi connectivity index (χ1v) is 8.26. The Morgan fingerprint density at radius 2 is 2.00 bits per heavy atom. The minimum absolute atomic E-state index is 0.232. The van der Waals surface area contributed by atoms with Gasteiger partial charge in [-0.3, -0.25) is 0 Å². The number of benzene rings is 1. The highest BCUT2D eigenvalue weighted by Gasteiger charge is 2.08. The van der Waals surface area contributed by atoms with E-state index in [-0.39, 0.29) is 5.75 Å². The van der Waals surface area contributed by atoms with Gasteiger partial charge in [0.2, 0.25) is 0 Å². The van der Waals surface area contributed by atoms with E-state index in [2.05, 4.69) is 11.8 Å². The van der Waals surface area contributed by atoms with E-state index in [9.17, 15) is 8.42 Å². The van der Waals surface area contributed by atoms with E-state index in [0.717, 1.165) is 30.9 Å². The Labute approximate surface area is 110 Å². The van der Waals surface area contributed by atoms with Crippen molar-refractivity contribution in [3.63, 3.8) is 0 Å². The van der Waals surface area contributed by atoms with E-state index in [4.69, 9.17) is 5.73 Å². The largest absolute Gasteiger partial charge is 0.399 e. The van der Waals surface area contributed by atoms with Crippen LogP contribution in [0.3, 0.4) is 0 Å². The predicted molar refractivity (Wildman–Crippen MR) is 77.7 cm³/mol. The summed E-state index contributed by atoms with van der Waals surface area (Å²) in [6.45, 7) is 3.76. The van der Waals surface area contributed by atoms with Crippen LogP contribution in [-0.4, -0.2) is 33.5 Å². The molecule has 0 bridgehead atoms. The summed E-state index contributed by atoms with van der Waals surface area (Å²) in [5.41, 5.74) is 7.56. The fraction of sp³-hybridized carbons (Fsp3) is 0.538. The van der Waals surface area contributed by atoms with Crippen LogP contribution < -0.4 is 10.6 Å². The number of nitrogens with two attached hydrogens (primary N) is 1. The quantitative estimate of drug-likeness (QED) is 0.769. The summed E-state index contributed by atoms with van der Waals surface area (Å²) in [6, 6.07) is 7.70. The monoisotopic (exact) mass is 270 g/mol. The van der Waals surface area contributed by atoms with Gasteiger partial charge in [-0.15, -0.1) is 0 Å². The third-order valence-electron chi connectivity index (χ3n) is 2.67. The highest BCUT2D eigenvalue weighted by molar-refractivity contribution is 7.90. The van der Waals surface area contributed by atoms with Gasteiger partial charge in [-0.25, -0.2) is 8.42 Å². The molecule has 0 fully saturated rings. The van der Waals surface area contributed by atoms with Crippen molar-refractivity contribution in [1.82, 2.24) is 0 Å². The number of nitrogen functional groups attached to an aromatic ring is 1. The van der Waals surface area contributed by atoms with Gasteiger partial charge < -0.3 is 10.6 Å². The molecule has 0 amide bonds. The van der Waals surface area contributed by atoms with Crippen molar-refractivity contribution < 1.29 is 8.42 Å². The van der Waals surface area contributed by atoms with Gasteiger partial charge in [-0.1, -0.05) is 13.0 Å². The predicted octanol–water partition coefficient (Wildman–Crippen LogP) is 1.92. The van der Waals surface area contributed by atoms with Gasteiger partial charge >= 0.3 is 0 Å². The average Bonchev–Trinajstić information content (AvgIpc) is 2.26. The smallest absolute Gasteiger partial charge is 0.147 e. The summed E-state index contributed by atoms with van der Waals surface area (Å²) in [7, 11) is -2.88. The molecule has 0 spiro atoms. The number of nitrogens with zero attached hydrogens (tertiary/aromatic N) is 1. The van der Waals surface area contributed by atoms with Crippen LogP contribution >= 0.6 is 0 Å². The summed E-state index contributed by atoms with van der Waals surface area (Å²) in [4.78, 5) is 2.18. The molecule has 18 heavy (non-hydrogen) atoms. The Morgan fingerprint density at radius 3 is 2.56 bits per heavy atom. The first kappa shape index (κ1) is 14.8. The molecule has 0 aromatic heterocycles. The van der Waals surface area contributed by atoms with Gasteiger partial charge in [-0.05, 0) is 31.0 Å². The lowest BCUT2D eigenvalue weighted by Gasteiger charge is -2.24. The van der Waals surface area contributed by atoms with Crippen molar-refractivity contribution >= 4 is 21.2 Å². The molecular weight excluding hydrogens is 248 g/mol. The Kier molecular flexibility index (Phi) is 5.47. The highest BCUT2D eigenvalue weighted by Crippen LogP contribution is 2.18. The molecule has 0 radical (unpaired) electrons. The fourth-order valence-corrected chi connectivity index (χ4v) is 2.53. The highest BCUT2D eigenvalue weighted by atomic mass is 32.2. The molecule has 4 nitrogen and oxygen atoms in total. The number of hydrogen-bond donors (Lipinski definition) is 1. The lowest BCUT2D eigenvalue weighted by atomic mass is 10.2. The van der Waals surface area contributed by atoms with Crippen LogP contribution in [-0.2, 0) is 9.84 Å². The Morgan fingerprint density at radius 1 is 1.28 bits per heavy atom. The average molecular weight is 270 g/mol. The normalized spacial score (nSPS) is 11.4. The third kappa shape index (κ3) is 5.40. The van der Waals surface area contributed by atoms with Crippen molar-refractivity contribution in [2.24, 2.45) is 0 Å². The maximum absolute atomic E-state index is 11.1. The summed E-state index contributed by atoms with van der Waals surface area (Å²) in [5.74, 6) is 0.232. The summed E-state index contributed by atoms with van der Waals surface area (Å²) < 4.78 is 22.2. The molecule has 0 unspecified atom stereocenters. The molecule has 0 heterocycles. The number of hydrogen-bond acceptors (Lipinski definition) is 4. The first-order valence-electron chi connectivity index (χ1n) is 6.20. The van der Waals surface area contributed by atoms with Crippen LogP contribution in [0, 0.1) is 0 Å². The maximum Gasteiger partial charge on any atom is 0.147 e. The molecule has 0 saturated carbocycles.